The highest BCUT2D eigenvalue weighted by atomic mass is 32.2. The van der Waals surface area contributed by atoms with E-state index in [-0.39, 0.29) is 18.3 Å². The normalized spacial score (nSPS) is 13.4. The number of hydrogen-bond acceptors (Lipinski definition) is 3. The third-order valence-corrected chi connectivity index (χ3v) is 3.30. The van der Waals surface area contributed by atoms with Crippen LogP contribution in [0.2, 0.25) is 0 Å². The first kappa shape index (κ1) is 12.2. The fourth-order valence-electron chi connectivity index (χ4n) is 0.570. The van der Waals surface area contributed by atoms with Gasteiger partial charge < -0.3 is 11.1 Å². The third-order valence-electron chi connectivity index (χ3n) is 1.46. The molecule has 0 spiro atoms. The molecule has 0 radical (unpaired) electrons. The SMILES string of the molecule is CN=C(N)NCCS(=O)(=O)N(C)C. The predicted molar refractivity (Wildman–Crippen MR) is 53.0 cm³/mol. The van der Waals surface area contributed by atoms with E-state index in [1.165, 1.54) is 25.4 Å². The Bertz CT molecular complexity index is 270. The Morgan fingerprint density at radius 3 is 2.46 bits per heavy atom. The topological polar surface area (TPSA) is 87.8 Å². The molecule has 0 heterocycles. The van der Waals surface area contributed by atoms with Crippen molar-refractivity contribution in [3.8, 4) is 0 Å². The second kappa shape index (κ2) is 5.03. The minimum atomic E-state index is -3.14. The van der Waals surface area contributed by atoms with Gasteiger partial charge in [-0.15, -0.1) is 0 Å². The first-order chi connectivity index (χ1) is 5.90. The molecule has 0 atom stereocenters. The van der Waals surface area contributed by atoms with E-state index < -0.39 is 10.0 Å². The Hall–Kier alpha value is -0.820. The molecule has 0 aromatic carbocycles. The Morgan fingerprint density at radius 2 is 2.08 bits per heavy atom. The van der Waals surface area contributed by atoms with Crippen molar-refractivity contribution in [2.75, 3.05) is 33.4 Å². The lowest BCUT2D eigenvalue weighted by atomic mass is 10.7. The van der Waals surface area contributed by atoms with Gasteiger partial charge in [-0.1, -0.05) is 0 Å². The zero-order valence-electron chi connectivity index (χ0n) is 8.11. The van der Waals surface area contributed by atoms with Crippen LogP contribution in [0, 0.1) is 0 Å². The van der Waals surface area contributed by atoms with Crippen molar-refractivity contribution in [2.24, 2.45) is 10.7 Å². The van der Waals surface area contributed by atoms with Crippen molar-refractivity contribution in [3.05, 3.63) is 0 Å². The van der Waals surface area contributed by atoms with Gasteiger partial charge in [-0.3, -0.25) is 4.99 Å². The molecule has 0 aromatic heterocycles. The van der Waals surface area contributed by atoms with Gasteiger partial charge in [0.05, 0.1) is 5.75 Å². The van der Waals surface area contributed by atoms with Crippen LogP contribution in [0.4, 0.5) is 0 Å². The monoisotopic (exact) mass is 208 g/mol. The fourth-order valence-corrected chi connectivity index (χ4v) is 1.29. The maximum absolute atomic E-state index is 11.2. The van der Waals surface area contributed by atoms with Gasteiger partial charge in [0, 0.05) is 27.7 Å². The van der Waals surface area contributed by atoms with Crippen LogP contribution in [-0.2, 0) is 10.0 Å². The van der Waals surface area contributed by atoms with Crippen LogP contribution in [0.15, 0.2) is 4.99 Å². The molecule has 0 aliphatic rings. The van der Waals surface area contributed by atoms with Gasteiger partial charge in [0.15, 0.2) is 5.96 Å². The Morgan fingerprint density at radius 1 is 1.54 bits per heavy atom. The molecule has 78 valence electrons. The summed E-state index contributed by atoms with van der Waals surface area (Å²) in [5, 5.41) is 2.67. The number of guanidine groups is 1. The summed E-state index contributed by atoms with van der Waals surface area (Å²) in [5.74, 6) is 0.255. The molecule has 0 saturated carbocycles. The first-order valence-electron chi connectivity index (χ1n) is 3.76. The minimum absolute atomic E-state index is 0.0101. The van der Waals surface area contributed by atoms with Crippen LogP contribution in [0.25, 0.3) is 0 Å². The first-order valence-corrected chi connectivity index (χ1v) is 5.37. The highest BCUT2D eigenvalue weighted by molar-refractivity contribution is 7.89. The van der Waals surface area contributed by atoms with E-state index in [0.717, 1.165) is 0 Å². The van der Waals surface area contributed by atoms with Crippen molar-refractivity contribution in [1.82, 2.24) is 9.62 Å². The molecule has 0 aliphatic carbocycles. The van der Waals surface area contributed by atoms with E-state index in [4.69, 9.17) is 5.73 Å². The highest BCUT2D eigenvalue weighted by Gasteiger charge is 2.12. The molecular weight excluding hydrogens is 192 g/mol. The lowest BCUT2D eigenvalue weighted by molar-refractivity contribution is 0.520. The average molecular weight is 208 g/mol. The van der Waals surface area contributed by atoms with E-state index in [9.17, 15) is 8.42 Å². The molecule has 0 bridgehead atoms. The molecule has 0 rings (SSSR count). The van der Waals surface area contributed by atoms with Gasteiger partial charge >= 0.3 is 0 Å². The molecule has 0 aliphatic heterocycles. The second-order valence-corrected chi connectivity index (χ2v) is 4.94. The van der Waals surface area contributed by atoms with E-state index in [1.807, 2.05) is 0 Å². The summed E-state index contributed by atoms with van der Waals surface area (Å²) >= 11 is 0. The summed E-state index contributed by atoms with van der Waals surface area (Å²) in [7, 11) is 1.37. The number of hydrogen-bond donors (Lipinski definition) is 2. The molecule has 0 aromatic rings. The smallest absolute Gasteiger partial charge is 0.215 e. The number of aliphatic imine (C=N–C) groups is 1. The number of nitrogens with two attached hydrogens (primary N) is 1. The average Bonchev–Trinajstić information content (AvgIpc) is 2.03. The standard InChI is InChI=1S/C6H16N4O2S/c1-8-6(7)9-4-5-13(11,12)10(2)3/h4-5H2,1-3H3,(H3,7,8,9). The van der Waals surface area contributed by atoms with Gasteiger partial charge in [-0.25, -0.2) is 12.7 Å². The van der Waals surface area contributed by atoms with E-state index >= 15 is 0 Å². The Balaban J connectivity index is 3.92. The van der Waals surface area contributed by atoms with Gasteiger partial charge in [-0.2, -0.15) is 0 Å². The zero-order valence-corrected chi connectivity index (χ0v) is 8.93. The molecule has 3 N–H and O–H groups in total. The van der Waals surface area contributed by atoms with Crippen LogP contribution in [0.5, 0.6) is 0 Å². The molecular formula is C6H16N4O2S. The van der Waals surface area contributed by atoms with E-state index in [2.05, 4.69) is 10.3 Å². The molecule has 0 unspecified atom stereocenters. The third kappa shape index (κ3) is 4.69. The van der Waals surface area contributed by atoms with Crippen molar-refractivity contribution in [3.63, 3.8) is 0 Å². The van der Waals surface area contributed by atoms with Gasteiger partial charge in [0.2, 0.25) is 10.0 Å². The number of nitrogens with one attached hydrogen (secondary N) is 1. The van der Waals surface area contributed by atoms with Crippen LogP contribution in [-0.4, -0.2) is 52.1 Å². The maximum atomic E-state index is 11.2. The Labute approximate surface area is 78.9 Å². The van der Waals surface area contributed by atoms with Crippen LogP contribution in [0.1, 0.15) is 0 Å². The summed E-state index contributed by atoms with van der Waals surface area (Å²) in [6, 6.07) is 0. The summed E-state index contributed by atoms with van der Waals surface area (Å²) in [6.07, 6.45) is 0. The van der Waals surface area contributed by atoms with Crippen molar-refractivity contribution < 1.29 is 8.42 Å². The maximum Gasteiger partial charge on any atom is 0.215 e. The lowest BCUT2D eigenvalue weighted by Crippen LogP contribution is -2.37. The summed E-state index contributed by atoms with van der Waals surface area (Å²) in [4.78, 5) is 3.63. The van der Waals surface area contributed by atoms with Crippen molar-refractivity contribution >= 4 is 16.0 Å². The van der Waals surface area contributed by atoms with Crippen LogP contribution >= 0.6 is 0 Å². The van der Waals surface area contributed by atoms with Gasteiger partial charge in [-0.05, 0) is 0 Å². The quantitative estimate of drug-likeness (QED) is 0.431. The summed E-state index contributed by atoms with van der Waals surface area (Å²) in [6.45, 7) is 0.268. The molecule has 0 saturated heterocycles. The zero-order chi connectivity index (χ0) is 10.5. The predicted octanol–water partition coefficient (Wildman–Crippen LogP) is -1.59. The fraction of sp³-hybridized carbons (Fsp3) is 0.833. The lowest BCUT2D eigenvalue weighted by Gasteiger charge is -2.11. The molecule has 0 amide bonds. The molecule has 6 nitrogen and oxygen atoms in total. The molecule has 0 fully saturated rings. The summed E-state index contributed by atoms with van der Waals surface area (Å²) in [5.41, 5.74) is 5.31. The number of rotatable bonds is 4. The van der Waals surface area contributed by atoms with Crippen LogP contribution in [0.3, 0.4) is 0 Å². The van der Waals surface area contributed by atoms with Gasteiger partial charge in [0.1, 0.15) is 0 Å². The van der Waals surface area contributed by atoms with Crippen molar-refractivity contribution in [1.29, 1.82) is 0 Å². The minimum Gasteiger partial charge on any atom is -0.370 e. The van der Waals surface area contributed by atoms with E-state index in [1.54, 1.807) is 0 Å². The summed E-state index contributed by atoms with van der Waals surface area (Å²) < 4.78 is 23.6. The highest BCUT2D eigenvalue weighted by Crippen LogP contribution is 1.91. The number of sulfonamides is 1. The largest absolute Gasteiger partial charge is 0.370 e. The number of nitrogens with zero attached hydrogens (tertiary/aromatic N) is 2. The van der Waals surface area contributed by atoms with Gasteiger partial charge in [0.25, 0.3) is 0 Å². The van der Waals surface area contributed by atoms with Crippen molar-refractivity contribution in [2.45, 2.75) is 0 Å². The van der Waals surface area contributed by atoms with E-state index in [0.29, 0.717) is 0 Å². The Kier molecular flexibility index (Phi) is 4.71. The molecule has 13 heavy (non-hydrogen) atoms. The van der Waals surface area contributed by atoms with Crippen LogP contribution < -0.4 is 11.1 Å². The second-order valence-electron chi connectivity index (χ2n) is 2.63. The molecule has 7 heteroatoms.